The molecule has 11 heavy (non-hydrogen) atoms. The lowest BCUT2D eigenvalue weighted by molar-refractivity contribution is 0.409. The van der Waals surface area contributed by atoms with E-state index in [4.69, 9.17) is 4.74 Å². The first-order valence-electron chi connectivity index (χ1n) is 3.06. The highest BCUT2D eigenvalue weighted by molar-refractivity contribution is 9.10. The van der Waals surface area contributed by atoms with E-state index in [1.807, 2.05) is 0 Å². The molecule has 1 rings (SSSR count). The molecule has 0 aliphatic rings. The van der Waals surface area contributed by atoms with Gasteiger partial charge in [-0.3, -0.25) is 4.98 Å². The molecule has 0 N–H and O–H groups in total. The van der Waals surface area contributed by atoms with Gasteiger partial charge in [-0.25, -0.2) is 0 Å². The van der Waals surface area contributed by atoms with Crippen LogP contribution in [0.3, 0.4) is 0 Å². The van der Waals surface area contributed by atoms with Gasteiger partial charge in [0.15, 0.2) is 0 Å². The monoisotopic (exact) mass is 233 g/mol. The van der Waals surface area contributed by atoms with Gasteiger partial charge in [0.25, 0.3) is 0 Å². The molecule has 0 spiro atoms. The maximum atomic E-state index is 5.08. The minimum atomic E-state index is 0.645. The molecule has 0 saturated heterocycles. The normalized spacial score (nSPS) is 9.73. The smallest absolute Gasteiger partial charge is 0.142 e. The molecule has 0 aliphatic heterocycles. The van der Waals surface area contributed by atoms with Gasteiger partial charge in [-0.15, -0.1) is 0 Å². The molecule has 4 heteroatoms. The van der Waals surface area contributed by atoms with Crippen LogP contribution >= 0.6 is 28.6 Å². The van der Waals surface area contributed by atoms with Gasteiger partial charge in [-0.05, 0) is 15.9 Å². The number of nitrogens with zero attached hydrogens (tertiary/aromatic N) is 1. The quantitative estimate of drug-likeness (QED) is 0.793. The van der Waals surface area contributed by atoms with E-state index in [-0.39, 0.29) is 0 Å². The second-order valence-electron chi connectivity index (χ2n) is 1.96. The third-order valence-corrected chi connectivity index (χ3v) is 2.34. The number of methoxy groups -OCH3 is 1. The van der Waals surface area contributed by atoms with Gasteiger partial charge in [0, 0.05) is 22.0 Å². The first kappa shape index (κ1) is 8.87. The van der Waals surface area contributed by atoms with Crippen molar-refractivity contribution in [3.05, 3.63) is 22.4 Å². The maximum Gasteiger partial charge on any atom is 0.142 e. The summed E-state index contributed by atoms with van der Waals surface area (Å²) in [6.07, 6.45) is 3.41. The number of rotatable bonds is 2. The molecule has 1 heterocycles. The number of hydrogen-bond donors (Lipinski definition) is 1. The summed E-state index contributed by atoms with van der Waals surface area (Å²) in [4.78, 5) is 3.96. The lowest BCUT2D eigenvalue weighted by atomic mass is 10.3. The van der Waals surface area contributed by atoms with E-state index in [9.17, 15) is 0 Å². The van der Waals surface area contributed by atoms with E-state index in [1.54, 1.807) is 19.5 Å². The minimum Gasteiger partial charge on any atom is -0.495 e. The fourth-order valence-corrected chi connectivity index (χ4v) is 1.77. The van der Waals surface area contributed by atoms with Crippen LogP contribution in [0.25, 0.3) is 0 Å². The van der Waals surface area contributed by atoms with E-state index in [0.717, 1.165) is 15.8 Å². The summed E-state index contributed by atoms with van der Waals surface area (Å²) in [6.45, 7) is 0. The standard InChI is InChI=1S/C7H8BrNOS/c1-10-7-3-9-2-6(8)5(7)4-11/h2-3,11H,4H2,1H3. The Labute approximate surface area is 79.5 Å². The van der Waals surface area contributed by atoms with Crippen molar-refractivity contribution in [2.24, 2.45) is 0 Å². The van der Waals surface area contributed by atoms with Crippen LogP contribution in [0.2, 0.25) is 0 Å². The van der Waals surface area contributed by atoms with Gasteiger partial charge in [0.2, 0.25) is 0 Å². The summed E-state index contributed by atoms with van der Waals surface area (Å²) in [7, 11) is 1.62. The zero-order valence-electron chi connectivity index (χ0n) is 6.04. The number of ether oxygens (including phenoxy) is 1. The van der Waals surface area contributed by atoms with Crippen LogP contribution in [-0.4, -0.2) is 12.1 Å². The van der Waals surface area contributed by atoms with Crippen molar-refractivity contribution in [2.75, 3.05) is 7.11 Å². The number of halogens is 1. The molecule has 2 nitrogen and oxygen atoms in total. The molecular weight excluding hydrogens is 226 g/mol. The van der Waals surface area contributed by atoms with Crippen LogP contribution in [0, 0.1) is 0 Å². The summed E-state index contributed by atoms with van der Waals surface area (Å²) in [5, 5.41) is 0. The second kappa shape index (κ2) is 3.97. The van der Waals surface area contributed by atoms with Gasteiger partial charge < -0.3 is 4.74 Å². The Morgan fingerprint density at radius 1 is 1.64 bits per heavy atom. The predicted molar refractivity (Wildman–Crippen MR) is 51.2 cm³/mol. The number of aromatic nitrogens is 1. The molecule has 0 bridgehead atoms. The van der Waals surface area contributed by atoms with Crippen LogP contribution < -0.4 is 4.74 Å². The van der Waals surface area contributed by atoms with Crippen LogP contribution in [-0.2, 0) is 5.75 Å². The molecular formula is C7H8BrNOS. The summed E-state index contributed by atoms with van der Waals surface area (Å²) in [5.74, 6) is 1.42. The Morgan fingerprint density at radius 3 is 2.82 bits per heavy atom. The molecule has 0 amide bonds. The minimum absolute atomic E-state index is 0.645. The van der Waals surface area contributed by atoms with Crippen molar-refractivity contribution in [3.63, 3.8) is 0 Å². The Kier molecular flexibility index (Phi) is 3.20. The lowest BCUT2D eigenvalue weighted by Crippen LogP contribution is -1.91. The molecule has 0 aliphatic carbocycles. The first-order chi connectivity index (χ1) is 5.29. The van der Waals surface area contributed by atoms with Crippen molar-refractivity contribution < 1.29 is 4.74 Å². The average Bonchev–Trinajstić information content (AvgIpc) is 2.04. The van der Waals surface area contributed by atoms with Crippen molar-refractivity contribution in [2.45, 2.75) is 5.75 Å². The molecule has 0 unspecified atom stereocenters. The van der Waals surface area contributed by atoms with E-state index in [2.05, 4.69) is 33.5 Å². The molecule has 60 valence electrons. The Morgan fingerprint density at radius 2 is 2.36 bits per heavy atom. The molecule has 0 fully saturated rings. The zero-order chi connectivity index (χ0) is 8.27. The summed E-state index contributed by atoms with van der Waals surface area (Å²) in [6, 6.07) is 0. The highest BCUT2D eigenvalue weighted by Gasteiger charge is 2.04. The summed E-state index contributed by atoms with van der Waals surface area (Å²) in [5.41, 5.74) is 1.03. The van der Waals surface area contributed by atoms with Crippen molar-refractivity contribution in [3.8, 4) is 5.75 Å². The van der Waals surface area contributed by atoms with E-state index in [0.29, 0.717) is 5.75 Å². The second-order valence-corrected chi connectivity index (χ2v) is 3.13. The number of hydrogen-bond acceptors (Lipinski definition) is 3. The van der Waals surface area contributed by atoms with E-state index in [1.165, 1.54) is 0 Å². The molecule has 0 aromatic carbocycles. The maximum absolute atomic E-state index is 5.08. The third kappa shape index (κ3) is 1.87. The fourth-order valence-electron chi connectivity index (χ4n) is 0.773. The van der Waals surface area contributed by atoms with Gasteiger partial charge in [-0.2, -0.15) is 12.6 Å². The zero-order valence-corrected chi connectivity index (χ0v) is 8.52. The van der Waals surface area contributed by atoms with E-state index < -0.39 is 0 Å². The summed E-state index contributed by atoms with van der Waals surface area (Å²) >= 11 is 7.52. The highest BCUT2D eigenvalue weighted by Crippen LogP contribution is 2.26. The Hall–Kier alpha value is -0.220. The lowest BCUT2D eigenvalue weighted by Gasteiger charge is -2.05. The van der Waals surface area contributed by atoms with Crippen LogP contribution in [0.5, 0.6) is 5.75 Å². The number of thiol groups is 1. The average molecular weight is 234 g/mol. The van der Waals surface area contributed by atoms with Gasteiger partial charge in [0.1, 0.15) is 5.75 Å². The van der Waals surface area contributed by atoms with Crippen molar-refractivity contribution in [1.29, 1.82) is 0 Å². The topological polar surface area (TPSA) is 22.1 Å². The van der Waals surface area contributed by atoms with Crippen LogP contribution in [0.4, 0.5) is 0 Å². The highest BCUT2D eigenvalue weighted by atomic mass is 79.9. The fraction of sp³-hybridized carbons (Fsp3) is 0.286. The van der Waals surface area contributed by atoms with Crippen molar-refractivity contribution >= 4 is 28.6 Å². The van der Waals surface area contributed by atoms with Crippen LogP contribution in [0.15, 0.2) is 16.9 Å². The SMILES string of the molecule is COc1cncc(Br)c1CS. The summed E-state index contributed by atoms with van der Waals surface area (Å²) < 4.78 is 6.01. The van der Waals surface area contributed by atoms with Crippen LogP contribution in [0.1, 0.15) is 5.56 Å². The van der Waals surface area contributed by atoms with E-state index >= 15 is 0 Å². The molecule has 0 radical (unpaired) electrons. The predicted octanol–water partition coefficient (Wildman–Crippen LogP) is 2.28. The van der Waals surface area contributed by atoms with Crippen molar-refractivity contribution in [1.82, 2.24) is 4.98 Å². The van der Waals surface area contributed by atoms with Gasteiger partial charge in [-0.1, -0.05) is 0 Å². The molecule has 1 aromatic heterocycles. The molecule has 1 aromatic rings. The largest absolute Gasteiger partial charge is 0.495 e. The first-order valence-corrected chi connectivity index (χ1v) is 4.49. The Bertz CT molecular complexity index is 254. The Balaban J connectivity index is 3.13. The number of pyridine rings is 1. The van der Waals surface area contributed by atoms with Gasteiger partial charge in [0.05, 0.1) is 13.3 Å². The molecule has 0 atom stereocenters. The van der Waals surface area contributed by atoms with Gasteiger partial charge >= 0.3 is 0 Å². The third-order valence-electron chi connectivity index (χ3n) is 1.34. The molecule has 0 saturated carbocycles.